The van der Waals surface area contributed by atoms with Gasteiger partial charge in [-0.15, -0.1) is 11.3 Å². The number of carbonyl (C=O) groups is 3. The fraction of sp³-hybridized carbons (Fsp3) is 0.684. The van der Waals surface area contributed by atoms with Crippen LogP contribution in [0.2, 0.25) is 0 Å². The van der Waals surface area contributed by atoms with E-state index in [0.717, 1.165) is 54.2 Å². The lowest BCUT2D eigenvalue weighted by molar-refractivity contribution is -0.135. The Balaban J connectivity index is 1.38. The highest BCUT2D eigenvalue weighted by Crippen LogP contribution is 2.37. The van der Waals surface area contributed by atoms with E-state index < -0.39 is 11.6 Å². The minimum atomic E-state index is -0.812. The summed E-state index contributed by atoms with van der Waals surface area (Å²) in [6.45, 7) is 3.67. The van der Waals surface area contributed by atoms with Crippen LogP contribution in [-0.2, 0) is 22.6 Å². The molecule has 1 spiro atoms. The Morgan fingerprint density at radius 2 is 2.11 bits per heavy atom. The van der Waals surface area contributed by atoms with Gasteiger partial charge >= 0.3 is 6.03 Å². The van der Waals surface area contributed by atoms with Gasteiger partial charge in [0, 0.05) is 24.4 Å². The molecule has 1 aromatic rings. The van der Waals surface area contributed by atoms with E-state index in [2.05, 4.69) is 34.5 Å². The molecule has 152 valence electrons. The number of likely N-dealkylation sites (N-methyl/N-ethyl adjacent to an activating group) is 1. The summed E-state index contributed by atoms with van der Waals surface area (Å²) in [5.41, 5.74) is 0.216. The van der Waals surface area contributed by atoms with Crippen molar-refractivity contribution in [1.29, 1.82) is 0 Å². The van der Waals surface area contributed by atoms with E-state index in [1.54, 1.807) is 0 Å². The number of hydrogen-bond donors (Lipinski definition) is 2. The molecule has 8 nitrogen and oxygen atoms in total. The SMILES string of the molecule is CCC1CCC2(CC1)NC(=O)N(CC(=O)Nc1nc3c(s1)CN(C)CC3)C2=O. The van der Waals surface area contributed by atoms with Crippen LogP contribution in [0.3, 0.4) is 0 Å². The lowest BCUT2D eigenvalue weighted by atomic mass is 9.75. The van der Waals surface area contributed by atoms with Crippen molar-refractivity contribution < 1.29 is 14.4 Å². The molecule has 4 rings (SSSR count). The highest BCUT2D eigenvalue weighted by atomic mass is 32.1. The molecule has 2 fully saturated rings. The largest absolute Gasteiger partial charge is 0.325 e. The molecule has 2 aliphatic heterocycles. The molecule has 1 saturated heterocycles. The Kier molecular flexibility index (Phi) is 5.13. The van der Waals surface area contributed by atoms with Crippen LogP contribution in [0, 0.1) is 5.92 Å². The fourth-order valence-corrected chi connectivity index (χ4v) is 5.52. The summed E-state index contributed by atoms with van der Waals surface area (Å²) in [5.74, 6) is -0.0350. The minimum Gasteiger partial charge on any atom is -0.323 e. The van der Waals surface area contributed by atoms with E-state index in [4.69, 9.17) is 0 Å². The molecule has 9 heteroatoms. The number of fused-ring (bicyclic) bond motifs is 1. The number of carbonyl (C=O) groups excluding carboxylic acids is 3. The van der Waals surface area contributed by atoms with E-state index in [9.17, 15) is 14.4 Å². The molecule has 4 amide bonds. The molecule has 3 aliphatic rings. The zero-order valence-corrected chi connectivity index (χ0v) is 17.2. The quantitative estimate of drug-likeness (QED) is 0.747. The van der Waals surface area contributed by atoms with Crippen molar-refractivity contribution in [2.24, 2.45) is 5.92 Å². The minimum absolute atomic E-state index is 0.262. The molecule has 0 radical (unpaired) electrons. The zero-order valence-electron chi connectivity index (χ0n) is 16.4. The highest BCUT2D eigenvalue weighted by Gasteiger charge is 2.52. The first-order valence-electron chi connectivity index (χ1n) is 10.0. The number of aromatic nitrogens is 1. The van der Waals surface area contributed by atoms with Crippen molar-refractivity contribution in [1.82, 2.24) is 20.1 Å². The lowest BCUT2D eigenvalue weighted by Gasteiger charge is -2.34. The predicted molar refractivity (Wildman–Crippen MR) is 106 cm³/mol. The van der Waals surface area contributed by atoms with Crippen LogP contribution < -0.4 is 10.6 Å². The first-order chi connectivity index (χ1) is 13.4. The summed E-state index contributed by atoms with van der Waals surface area (Å²) in [7, 11) is 2.06. The van der Waals surface area contributed by atoms with Crippen LogP contribution in [0.5, 0.6) is 0 Å². The Morgan fingerprint density at radius 3 is 2.82 bits per heavy atom. The zero-order chi connectivity index (χ0) is 19.9. The van der Waals surface area contributed by atoms with Gasteiger partial charge in [0.15, 0.2) is 5.13 Å². The third kappa shape index (κ3) is 3.53. The molecule has 0 atom stereocenters. The van der Waals surface area contributed by atoms with Gasteiger partial charge in [-0.1, -0.05) is 13.3 Å². The monoisotopic (exact) mass is 405 g/mol. The third-order valence-corrected chi connectivity index (χ3v) is 7.25. The number of imide groups is 1. The second-order valence-electron chi connectivity index (χ2n) is 8.18. The summed E-state index contributed by atoms with van der Waals surface area (Å²) in [6.07, 6.45) is 5.13. The van der Waals surface area contributed by atoms with Gasteiger partial charge in [0.1, 0.15) is 12.1 Å². The van der Waals surface area contributed by atoms with Gasteiger partial charge in [0.25, 0.3) is 5.91 Å². The molecule has 1 aromatic heterocycles. The van der Waals surface area contributed by atoms with Crippen molar-refractivity contribution in [3.05, 3.63) is 10.6 Å². The number of thiazole rings is 1. The number of nitrogens with one attached hydrogen (secondary N) is 2. The molecule has 3 heterocycles. The first kappa shape index (κ1) is 19.3. The van der Waals surface area contributed by atoms with E-state index in [1.165, 1.54) is 11.3 Å². The van der Waals surface area contributed by atoms with Crippen molar-refractivity contribution >= 4 is 34.3 Å². The van der Waals surface area contributed by atoms with Crippen LogP contribution in [0.1, 0.15) is 49.6 Å². The first-order valence-corrected chi connectivity index (χ1v) is 10.8. The average Bonchev–Trinajstić information content (AvgIpc) is 3.15. The Hall–Kier alpha value is -2.00. The van der Waals surface area contributed by atoms with Crippen LogP contribution in [0.15, 0.2) is 0 Å². The molecular weight excluding hydrogens is 378 g/mol. The number of anilines is 1. The predicted octanol–water partition coefficient (Wildman–Crippen LogP) is 1.96. The maximum absolute atomic E-state index is 12.9. The Morgan fingerprint density at radius 1 is 1.36 bits per heavy atom. The Bertz CT molecular complexity index is 799. The molecule has 2 N–H and O–H groups in total. The molecular formula is C19H27N5O3S. The second-order valence-corrected chi connectivity index (χ2v) is 9.26. The Labute approximate surface area is 168 Å². The van der Waals surface area contributed by atoms with Crippen LogP contribution >= 0.6 is 11.3 Å². The number of hydrogen-bond acceptors (Lipinski definition) is 6. The van der Waals surface area contributed by atoms with Gasteiger partial charge in [0.05, 0.1) is 5.69 Å². The smallest absolute Gasteiger partial charge is 0.323 e. The molecule has 0 aromatic carbocycles. The van der Waals surface area contributed by atoms with Crippen LogP contribution in [-0.4, -0.2) is 58.3 Å². The van der Waals surface area contributed by atoms with Crippen LogP contribution in [0.4, 0.5) is 9.93 Å². The second kappa shape index (κ2) is 7.44. The van der Waals surface area contributed by atoms with E-state index in [0.29, 0.717) is 23.9 Å². The van der Waals surface area contributed by atoms with Crippen molar-refractivity contribution in [3.63, 3.8) is 0 Å². The number of amides is 4. The van der Waals surface area contributed by atoms with Gasteiger partial charge in [0.2, 0.25) is 5.91 Å². The van der Waals surface area contributed by atoms with Gasteiger partial charge in [-0.3, -0.25) is 14.5 Å². The number of nitrogens with zero attached hydrogens (tertiary/aromatic N) is 3. The van der Waals surface area contributed by atoms with E-state index in [1.807, 2.05) is 0 Å². The standard InChI is InChI=1S/C19H27N5O3S/c1-3-12-4-7-19(8-5-12)16(26)24(18(27)22-19)11-15(25)21-17-20-13-6-9-23(2)10-14(13)28-17/h12H,3-11H2,1-2H3,(H,22,27)(H,20,21,25). The molecule has 1 saturated carbocycles. The summed E-state index contributed by atoms with van der Waals surface area (Å²) in [4.78, 5) is 46.7. The van der Waals surface area contributed by atoms with Gasteiger partial charge in [-0.05, 0) is 38.6 Å². The molecule has 1 aliphatic carbocycles. The van der Waals surface area contributed by atoms with Crippen molar-refractivity contribution in [2.75, 3.05) is 25.5 Å². The number of rotatable bonds is 4. The van der Waals surface area contributed by atoms with Gasteiger partial charge in [-0.2, -0.15) is 0 Å². The topological polar surface area (TPSA) is 94.6 Å². The fourth-order valence-electron chi connectivity index (χ4n) is 4.42. The highest BCUT2D eigenvalue weighted by molar-refractivity contribution is 7.15. The van der Waals surface area contributed by atoms with Crippen molar-refractivity contribution in [3.8, 4) is 0 Å². The maximum Gasteiger partial charge on any atom is 0.325 e. The van der Waals surface area contributed by atoms with E-state index in [-0.39, 0.29) is 18.4 Å². The average molecular weight is 406 g/mol. The van der Waals surface area contributed by atoms with Gasteiger partial charge < -0.3 is 15.5 Å². The summed E-state index contributed by atoms with van der Waals surface area (Å²) in [6, 6.07) is -0.463. The lowest BCUT2D eigenvalue weighted by Crippen LogP contribution is -2.49. The summed E-state index contributed by atoms with van der Waals surface area (Å²) < 4.78 is 0. The number of urea groups is 1. The molecule has 0 unspecified atom stereocenters. The van der Waals surface area contributed by atoms with Crippen LogP contribution in [0.25, 0.3) is 0 Å². The summed E-state index contributed by atoms with van der Waals surface area (Å²) in [5, 5.41) is 6.17. The molecule has 28 heavy (non-hydrogen) atoms. The van der Waals surface area contributed by atoms with Crippen molar-refractivity contribution in [2.45, 2.75) is 57.5 Å². The third-order valence-electron chi connectivity index (χ3n) is 6.25. The normalized spacial score (nSPS) is 27.8. The summed E-state index contributed by atoms with van der Waals surface area (Å²) >= 11 is 1.46. The maximum atomic E-state index is 12.9. The molecule has 0 bridgehead atoms. The van der Waals surface area contributed by atoms with E-state index >= 15 is 0 Å². The van der Waals surface area contributed by atoms with Gasteiger partial charge in [-0.25, -0.2) is 9.78 Å².